The van der Waals surface area contributed by atoms with Gasteiger partial charge in [-0.3, -0.25) is 14.4 Å². The molecule has 0 aromatic heterocycles. The van der Waals surface area contributed by atoms with E-state index in [9.17, 15) is 19.5 Å². The van der Waals surface area contributed by atoms with E-state index >= 15 is 0 Å². The first kappa shape index (κ1) is 20.1. The Kier molecular flexibility index (Phi) is 4.08. The van der Waals surface area contributed by atoms with Crippen molar-refractivity contribution in [1.82, 2.24) is 0 Å². The maximum atomic E-state index is 12.9. The highest BCUT2D eigenvalue weighted by molar-refractivity contribution is 5.86. The lowest BCUT2D eigenvalue weighted by atomic mass is 9.62. The third kappa shape index (κ3) is 2.18. The van der Waals surface area contributed by atoms with Crippen molar-refractivity contribution in [3.05, 3.63) is 12.2 Å². The molecule has 1 saturated heterocycles. The molecule has 0 amide bonds. The number of carbonyl (C=O) groups excluding carboxylic acids is 2. The number of aliphatic carboxylic acids is 1. The molecule has 6 heteroatoms. The summed E-state index contributed by atoms with van der Waals surface area (Å²) in [4.78, 5) is 37.8. The van der Waals surface area contributed by atoms with E-state index in [4.69, 9.17) is 9.47 Å². The van der Waals surface area contributed by atoms with E-state index in [1.807, 2.05) is 19.1 Å². The largest absolute Gasteiger partial charge is 0.481 e. The van der Waals surface area contributed by atoms with E-state index in [1.165, 1.54) is 6.92 Å². The molecule has 3 saturated carbocycles. The molecule has 5 rings (SSSR count). The molecule has 0 radical (unpaired) electrons. The van der Waals surface area contributed by atoms with E-state index < -0.39 is 33.9 Å². The lowest BCUT2D eigenvalue weighted by Crippen LogP contribution is -2.49. The Morgan fingerprint density at radius 1 is 1.37 bits per heavy atom. The maximum Gasteiger partial charge on any atom is 0.316 e. The Labute approximate surface area is 177 Å². The smallest absolute Gasteiger partial charge is 0.316 e. The van der Waals surface area contributed by atoms with Gasteiger partial charge in [-0.15, -0.1) is 0 Å². The predicted molar refractivity (Wildman–Crippen MR) is 107 cm³/mol. The van der Waals surface area contributed by atoms with Crippen LogP contribution in [0, 0.1) is 34.5 Å². The number of carbonyl (C=O) groups is 3. The summed E-state index contributed by atoms with van der Waals surface area (Å²) in [7, 11) is 0. The standard InChI is InChI=1S/C24H32O6/c1-4-5-7-15-12-22-13-23(15,29-14(2)25)11-8-16(22)24-10-6-9-21(3,20(28)30-24)18(24)17(22)19(26)27/h6,9,15-18H,4-5,7-8,10-13H2,1-3H3,(H,26,27)/t15-,16-,17-,18-,21+,22+,23+,24-/m1/s1. The van der Waals surface area contributed by atoms with Gasteiger partial charge in [0, 0.05) is 25.2 Å². The van der Waals surface area contributed by atoms with Crippen LogP contribution >= 0.6 is 0 Å². The summed E-state index contributed by atoms with van der Waals surface area (Å²) in [6, 6.07) is 0. The summed E-state index contributed by atoms with van der Waals surface area (Å²) < 4.78 is 12.2. The number of unbranched alkanes of at least 4 members (excludes halogenated alkanes) is 1. The molecule has 1 N–H and O–H groups in total. The van der Waals surface area contributed by atoms with Crippen LogP contribution in [0.5, 0.6) is 0 Å². The van der Waals surface area contributed by atoms with Gasteiger partial charge in [0.1, 0.15) is 11.2 Å². The molecule has 0 unspecified atom stereocenters. The first-order chi connectivity index (χ1) is 14.2. The van der Waals surface area contributed by atoms with Crippen molar-refractivity contribution < 1.29 is 29.0 Å². The Morgan fingerprint density at radius 2 is 2.13 bits per heavy atom. The van der Waals surface area contributed by atoms with Crippen LogP contribution in [-0.4, -0.2) is 34.2 Å². The fraction of sp³-hybridized carbons (Fsp3) is 0.792. The summed E-state index contributed by atoms with van der Waals surface area (Å²) in [6.45, 7) is 5.46. The number of ether oxygens (including phenoxy) is 2. The van der Waals surface area contributed by atoms with Crippen molar-refractivity contribution in [2.45, 2.75) is 83.3 Å². The van der Waals surface area contributed by atoms with Gasteiger partial charge in [0.25, 0.3) is 0 Å². The van der Waals surface area contributed by atoms with Crippen LogP contribution in [0.15, 0.2) is 12.2 Å². The molecule has 0 aromatic carbocycles. The van der Waals surface area contributed by atoms with E-state index in [-0.39, 0.29) is 29.7 Å². The average Bonchev–Trinajstić information content (AvgIpc) is 3.08. The molecular weight excluding hydrogens is 384 g/mol. The molecule has 4 aliphatic carbocycles. The predicted octanol–water partition coefficient (Wildman–Crippen LogP) is 3.88. The number of rotatable bonds is 5. The van der Waals surface area contributed by atoms with Crippen molar-refractivity contribution in [1.29, 1.82) is 0 Å². The van der Waals surface area contributed by atoms with Gasteiger partial charge in [0.15, 0.2) is 0 Å². The van der Waals surface area contributed by atoms with E-state index in [0.717, 1.165) is 38.5 Å². The Hall–Kier alpha value is -1.85. The van der Waals surface area contributed by atoms with Crippen LogP contribution in [0.4, 0.5) is 0 Å². The quantitative estimate of drug-likeness (QED) is 0.540. The van der Waals surface area contributed by atoms with Crippen LogP contribution in [0.25, 0.3) is 0 Å². The van der Waals surface area contributed by atoms with Gasteiger partial charge < -0.3 is 14.6 Å². The monoisotopic (exact) mass is 416 g/mol. The summed E-state index contributed by atoms with van der Waals surface area (Å²) in [5, 5.41) is 10.5. The van der Waals surface area contributed by atoms with Crippen LogP contribution in [-0.2, 0) is 23.9 Å². The molecule has 6 nitrogen and oxygen atoms in total. The Morgan fingerprint density at radius 3 is 2.80 bits per heavy atom. The number of hydrogen-bond donors (Lipinski definition) is 1. The molecule has 8 atom stereocenters. The highest BCUT2D eigenvalue weighted by Crippen LogP contribution is 2.78. The molecule has 1 aliphatic heterocycles. The zero-order valence-electron chi connectivity index (χ0n) is 18.1. The van der Waals surface area contributed by atoms with Crippen molar-refractivity contribution in [3.8, 4) is 0 Å². The summed E-state index contributed by atoms with van der Waals surface area (Å²) in [6.07, 6.45) is 10.3. The van der Waals surface area contributed by atoms with Crippen molar-refractivity contribution >= 4 is 17.9 Å². The second-order valence-corrected chi connectivity index (χ2v) is 10.7. The molecule has 4 fully saturated rings. The van der Waals surface area contributed by atoms with Gasteiger partial charge in [-0.25, -0.2) is 0 Å². The highest BCUT2D eigenvalue weighted by atomic mass is 16.6. The summed E-state index contributed by atoms with van der Waals surface area (Å²) >= 11 is 0. The second-order valence-electron chi connectivity index (χ2n) is 10.7. The minimum atomic E-state index is -0.890. The molecular formula is C24H32O6. The van der Waals surface area contributed by atoms with Crippen LogP contribution in [0.2, 0.25) is 0 Å². The van der Waals surface area contributed by atoms with Crippen LogP contribution in [0.1, 0.15) is 72.1 Å². The van der Waals surface area contributed by atoms with Crippen molar-refractivity contribution in [3.63, 3.8) is 0 Å². The first-order valence-electron chi connectivity index (χ1n) is 11.5. The van der Waals surface area contributed by atoms with E-state index in [0.29, 0.717) is 12.8 Å². The first-order valence-corrected chi connectivity index (χ1v) is 11.5. The van der Waals surface area contributed by atoms with Gasteiger partial charge in [0.2, 0.25) is 0 Å². The Bertz CT molecular complexity index is 849. The zero-order valence-corrected chi connectivity index (χ0v) is 18.1. The zero-order chi connectivity index (χ0) is 21.5. The number of hydrogen-bond acceptors (Lipinski definition) is 5. The summed E-state index contributed by atoms with van der Waals surface area (Å²) in [5.74, 6) is -2.24. The van der Waals surface area contributed by atoms with E-state index in [2.05, 4.69) is 6.92 Å². The average molecular weight is 417 g/mol. The van der Waals surface area contributed by atoms with Crippen LogP contribution < -0.4 is 0 Å². The lowest BCUT2D eigenvalue weighted by molar-refractivity contribution is -0.173. The molecule has 5 aliphatic rings. The SMILES string of the molecule is CCCC[C@@H]1C[C@]23C[C@@]1(OC(C)=O)CC[C@H]2[C@@]12CC=C[C@](C)(C(=O)O1)[C@H]2[C@@H]3C(=O)O. The molecule has 164 valence electrons. The number of carboxylic acid groups (broad SMARTS) is 1. The molecule has 1 heterocycles. The molecule has 4 bridgehead atoms. The normalized spacial score (nSPS) is 50.0. The third-order valence-corrected chi connectivity index (χ3v) is 9.41. The van der Waals surface area contributed by atoms with Crippen LogP contribution in [0.3, 0.4) is 0 Å². The third-order valence-electron chi connectivity index (χ3n) is 9.41. The number of carboxylic acids is 1. The second kappa shape index (κ2) is 6.10. The van der Waals surface area contributed by atoms with Gasteiger partial charge in [-0.1, -0.05) is 31.9 Å². The van der Waals surface area contributed by atoms with Crippen molar-refractivity contribution in [2.75, 3.05) is 0 Å². The van der Waals surface area contributed by atoms with Gasteiger partial charge >= 0.3 is 17.9 Å². The molecule has 0 aromatic rings. The van der Waals surface area contributed by atoms with Gasteiger partial charge in [-0.05, 0) is 50.4 Å². The van der Waals surface area contributed by atoms with Crippen molar-refractivity contribution in [2.24, 2.45) is 34.5 Å². The minimum absolute atomic E-state index is 0.00198. The van der Waals surface area contributed by atoms with E-state index in [1.54, 1.807) is 0 Å². The summed E-state index contributed by atoms with van der Waals surface area (Å²) in [5.41, 5.74) is -2.69. The molecule has 30 heavy (non-hydrogen) atoms. The fourth-order valence-electron chi connectivity index (χ4n) is 8.70. The fourth-order valence-corrected chi connectivity index (χ4v) is 8.70. The lowest BCUT2D eigenvalue weighted by Gasteiger charge is -2.46. The Balaban J connectivity index is 1.65. The van der Waals surface area contributed by atoms with Gasteiger partial charge in [0.05, 0.1) is 11.3 Å². The topological polar surface area (TPSA) is 89.9 Å². The number of esters is 2. The molecule has 1 spiro atoms. The van der Waals surface area contributed by atoms with Gasteiger partial charge in [-0.2, -0.15) is 0 Å². The highest BCUT2D eigenvalue weighted by Gasteiger charge is 2.83. The minimum Gasteiger partial charge on any atom is -0.481 e. The maximum absolute atomic E-state index is 12.9. The number of fused-ring (bicyclic) bond motifs is 1.